The zero-order valence-electron chi connectivity index (χ0n) is 11.1. The van der Waals surface area contributed by atoms with E-state index in [2.05, 4.69) is 21.2 Å². The Morgan fingerprint density at radius 1 is 1.44 bits per heavy atom. The van der Waals surface area contributed by atoms with Crippen LogP contribution >= 0.6 is 15.9 Å². The van der Waals surface area contributed by atoms with Gasteiger partial charge in [-0.25, -0.2) is 0 Å². The van der Waals surface area contributed by atoms with Gasteiger partial charge in [0.25, 0.3) is 0 Å². The third-order valence-corrected chi connectivity index (χ3v) is 3.25. The predicted octanol–water partition coefficient (Wildman–Crippen LogP) is 2.77. The number of halogens is 1. The summed E-state index contributed by atoms with van der Waals surface area (Å²) in [6, 6.07) is 4.78. The Morgan fingerprint density at radius 3 is 2.50 bits per heavy atom. The summed E-state index contributed by atoms with van der Waals surface area (Å²) in [6.07, 6.45) is 0. The van der Waals surface area contributed by atoms with Gasteiger partial charge in [-0.2, -0.15) is 0 Å². The molecule has 0 spiro atoms. The maximum Gasteiger partial charge on any atom is 0.241 e. The molecule has 18 heavy (non-hydrogen) atoms. The van der Waals surface area contributed by atoms with Crippen molar-refractivity contribution in [3.63, 3.8) is 0 Å². The molecule has 0 aliphatic rings. The molecule has 0 aliphatic heterocycles. The van der Waals surface area contributed by atoms with Crippen molar-refractivity contribution in [3.05, 3.63) is 22.7 Å². The van der Waals surface area contributed by atoms with E-state index in [0.717, 1.165) is 4.47 Å². The molecule has 4 nitrogen and oxygen atoms in total. The number of rotatable bonds is 3. The molecule has 0 saturated carbocycles. The molecule has 1 rings (SSSR count). The van der Waals surface area contributed by atoms with Gasteiger partial charge in [0.05, 0.1) is 17.6 Å². The van der Waals surface area contributed by atoms with Crippen molar-refractivity contribution in [2.45, 2.75) is 26.8 Å². The number of hydrogen-bond acceptors (Lipinski definition) is 3. The topological polar surface area (TPSA) is 64.3 Å². The average molecular weight is 315 g/mol. The normalized spacial score (nSPS) is 13.0. The lowest BCUT2D eigenvalue weighted by Gasteiger charge is -2.25. The quantitative estimate of drug-likeness (QED) is 0.901. The first-order valence-electron chi connectivity index (χ1n) is 5.65. The van der Waals surface area contributed by atoms with Crippen molar-refractivity contribution in [2.75, 3.05) is 12.4 Å². The highest BCUT2D eigenvalue weighted by Gasteiger charge is 2.27. The molecule has 1 unspecified atom stereocenters. The van der Waals surface area contributed by atoms with Gasteiger partial charge in [0, 0.05) is 5.69 Å². The Labute approximate surface area is 116 Å². The molecule has 0 heterocycles. The van der Waals surface area contributed by atoms with Crippen molar-refractivity contribution in [1.82, 2.24) is 0 Å². The molecular weight excluding hydrogens is 296 g/mol. The Bertz CT molecular complexity index is 441. The van der Waals surface area contributed by atoms with Crippen LogP contribution in [0.1, 0.15) is 20.8 Å². The van der Waals surface area contributed by atoms with Crippen LogP contribution < -0.4 is 15.8 Å². The fourth-order valence-electron chi connectivity index (χ4n) is 1.36. The summed E-state index contributed by atoms with van der Waals surface area (Å²) in [6.45, 7) is 5.80. The third kappa shape index (κ3) is 3.71. The number of carbonyl (C=O) groups is 1. The predicted molar refractivity (Wildman–Crippen MR) is 76.8 cm³/mol. The summed E-state index contributed by atoms with van der Waals surface area (Å²) in [5.41, 5.74) is 6.31. The maximum absolute atomic E-state index is 11.9. The Morgan fingerprint density at radius 2 is 2.06 bits per heavy atom. The van der Waals surface area contributed by atoms with E-state index in [0.29, 0.717) is 11.4 Å². The number of hydrogen-bond donors (Lipinski definition) is 2. The molecule has 1 atom stereocenters. The van der Waals surface area contributed by atoms with E-state index in [1.807, 2.05) is 20.8 Å². The summed E-state index contributed by atoms with van der Waals surface area (Å²) in [5, 5.41) is 2.79. The lowest BCUT2D eigenvalue weighted by Crippen LogP contribution is -2.45. The number of anilines is 1. The molecule has 0 aromatic heterocycles. The van der Waals surface area contributed by atoms with Gasteiger partial charge < -0.3 is 15.8 Å². The second-order valence-electron chi connectivity index (χ2n) is 5.18. The lowest BCUT2D eigenvalue weighted by molar-refractivity contribution is -0.119. The van der Waals surface area contributed by atoms with Crippen LogP contribution in [0.5, 0.6) is 5.75 Å². The summed E-state index contributed by atoms with van der Waals surface area (Å²) < 4.78 is 5.91. The van der Waals surface area contributed by atoms with E-state index in [-0.39, 0.29) is 11.3 Å². The number of amides is 1. The van der Waals surface area contributed by atoms with Gasteiger partial charge >= 0.3 is 0 Å². The van der Waals surface area contributed by atoms with Crippen LogP contribution in [-0.4, -0.2) is 19.1 Å². The van der Waals surface area contributed by atoms with Crippen LogP contribution in [0.4, 0.5) is 5.69 Å². The number of benzene rings is 1. The zero-order valence-corrected chi connectivity index (χ0v) is 12.7. The average Bonchev–Trinajstić information content (AvgIpc) is 2.27. The molecule has 1 aromatic rings. The Kier molecular flexibility index (Phi) is 4.76. The third-order valence-electron chi connectivity index (χ3n) is 2.63. The SMILES string of the molecule is COc1ccc(NC(=O)C(N)C(C)(C)C)cc1Br. The zero-order chi connectivity index (χ0) is 13.9. The highest BCUT2D eigenvalue weighted by Crippen LogP contribution is 2.28. The molecule has 100 valence electrons. The summed E-state index contributed by atoms with van der Waals surface area (Å²) in [4.78, 5) is 11.9. The molecule has 1 amide bonds. The van der Waals surface area contributed by atoms with Gasteiger partial charge in [-0.1, -0.05) is 20.8 Å². The van der Waals surface area contributed by atoms with Crippen LogP contribution in [0.15, 0.2) is 22.7 Å². The van der Waals surface area contributed by atoms with Gasteiger partial charge in [-0.05, 0) is 39.5 Å². The van der Waals surface area contributed by atoms with Gasteiger partial charge in [-0.3, -0.25) is 4.79 Å². The molecule has 0 bridgehead atoms. The fourth-order valence-corrected chi connectivity index (χ4v) is 1.90. The highest BCUT2D eigenvalue weighted by atomic mass is 79.9. The van der Waals surface area contributed by atoms with E-state index in [9.17, 15) is 4.79 Å². The number of methoxy groups -OCH3 is 1. The molecule has 3 N–H and O–H groups in total. The lowest BCUT2D eigenvalue weighted by atomic mass is 9.87. The van der Waals surface area contributed by atoms with Crippen LogP contribution in [-0.2, 0) is 4.79 Å². The molecule has 0 radical (unpaired) electrons. The van der Waals surface area contributed by atoms with Gasteiger partial charge in [0.2, 0.25) is 5.91 Å². The molecule has 5 heteroatoms. The van der Waals surface area contributed by atoms with E-state index < -0.39 is 6.04 Å². The number of nitrogens with one attached hydrogen (secondary N) is 1. The summed E-state index contributed by atoms with van der Waals surface area (Å²) in [7, 11) is 1.59. The number of carbonyl (C=O) groups excluding carboxylic acids is 1. The van der Waals surface area contributed by atoms with Gasteiger partial charge in [0.15, 0.2) is 0 Å². The van der Waals surface area contributed by atoms with Crippen molar-refractivity contribution >= 4 is 27.5 Å². The van der Waals surface area contributed by atoms with E-state index in [1.54, 1.807) is 25.3 Å². The van der Waals surface area contributed by atoms with Crippen molar-refractivity contribution < 1.29 is 9.53 Å². The number of nitrogens with two attached hydrogens (primary N) is 1. The first-order chi connectivity index (χ1) is 8.25. The van der Waals surface area contributed by atoms with Crippen molar-refractivity contribution in [2.24, 2.45) is 11.1 Å². The highest BCUT2D eigenvalue weighted by molar-refractivity contribution is 9.10. The molecule has 1 aromatic carbocycles. The van der Waals surface area contributed by atoms with Crippen LogP contribution in [0.2, 0.25) is 0 Å². The maximum atomic E-state index is 11.9. The van der Waals surface area contributed by atoms with E-state index in [4.69, 9.17) is 10.5 Å². The van der Waals surface area contributed by atoms with Crippen LogP contribution in [0.3, 0.4) is 0 Å². The Hall–Kier alpha value is -1.07. The smallest absolute Gasteiger partial charge is 0.241 e. The fraction of sp³-hybridized carbons (Fsp3) is 0.462. The second-order valence-corrected chi connectivity index (χ2v) is 6.04. The summed E-state index contributed by atoms with van der Waals surface area (Å²) in [5.74, 6) is 0.521. The first-order valence-corrected chi connectivity index (χ1v) is 6.45. The molecule has 0 fully saturated rings. The first kappa shape index (κ1) is 15.0. The largest absolute Gasteiger partial charge is 0.496 e. The van der Waals surface area contributed by atoms with E-state index >= 15 is 0 Å². The minimum atomic E-state index is -0.557. The molecule has 0 saturated heterocycles. The van der Waals surface area contributed by atoms with Crippen molar-refractivity contribution in [1.29, 1.82) is 0 Å². The van der Waals surface area contributed by atoms with Gasteiger partial charge in [-0.15, -0.1) is 0 Å². The molecule has 0 aliphatic carbocycles. The molecular formula is C13H19BrN2O2. The summed E-state index contributed by atoms with van der Waals surface area (Å²) >= 11 is 3.37. The van der Waals surface area contributed by atoms with Crippen molar-refractivity contribution in [3.8, 4) is 5.75 Å². The number of ether oxygens (including phenoxy) is 1. The minimum absolute atomic E-state index is 0.195. The second kappa shape index (κ2) is 5.71. The Balaban J connectivity index is 2.80. The van der Waals surface area contributed by atoms with Gasteiger partial charge in [0.1, 0.15) is 5.75 Å². The van der Waals surface area contributed by atoms with E-state index in [1.165, 1.54) is 0 Å². The standard InChI is InChI=1S/C13H19BrN2O2/c1-13(2,3)11(15)12(17)16-8-5-6-10(18-4)9(14)7-8/h5-7,11H,15H2,1-4H3,(H,16,17). The van der Waals surface area contributed by atoms with Crippen LogP contribution in [0, 0.1) is 5.41 Å². The van der Waals surface area contributed by atoms with Crippen LogP contribution in [0.25, 0.3) is 0 Å². The minimum Gasteiger partial charge on any atom is -0.496 e. The monoisotopic (exact) mass is 314 g/mol.